The first kappa shape index (κ1) is 14.5. The number of hydrogen-bond acceptors (Lipinski definition) is 2. The Hall–Kier alpha value is -0.540. The molecule has 15 heavy (non-hydrogen) atoms. The summed E-state index contributed by atoms with van der Waals surface area (Å²) in [5.41, 5.74) is 1.46. The van der Waals surface area contributed by atoms with Crippen LogP contribution in [0.3, 0.4) is 0 Å². The van der Waals surface area contributed by atoms with E-state index < -0.39 is 0 Å². The molecule has 1 rings (SSSR count). The van der Waals surface area contributed by atoms with E-state index in [1.165, 1.54) is 0 Å². The maximum atomic E-state index is 3.99. The molecule has 0 spiro atoms. The quantitative estimate of drug-likeness (QED) is 0.837. The number of aromatic amines is 1. The van der Waals surface area contributed by atoms with E-state index in [0.717, 1.165) is 18.7 Å². The zero-order valence-corrected chi connectivity index (χ0v) is 10.8. The molecule has 0 bridgehead atoms. The van der Waals surface area contributed by atoms with Crippen LogP contribution in [-0.2, 0) is 6.54 Å². The largest absolute Gasteiger partial charge is 0.347 e. The van der Waals surface area contributed by atoms with Gasteiger partial charge in [0.15, 0.2) is 0 Å². The van der Waals surface area contributed by atoms with Crippen LogP contribution in [0.15, 0.2) is 12.5 Å². The van der Waals surface area contributed by atoms with Crippen LogP contribution in [0, 0.1) is 5.41 Å². The van der Waals surface area contributed by atoms with Crippen molar-refractivity contribution in [3.8, 4) is 0 Å². The third-order valence-electron chi connectivity index (χ3n) is 2.55. The van der Waals surface area contributed by atoms with Gasteiger partial charge in [0.05, 0.1) is 6.33 Å². The van der Waals surface area contributed by atoms with E-state index in [0.29, 0.717) is 11.5 Å². The van der Waals surface area contributed by atoms with Gasteiger partial charge in [0.1, 0.15) is 0 Å². The first-order valence-corrected chi connectivity index (χ1v) is 5.24. The Balaban J connectivity index is 0.00000196. The molecule has 0 aliphatic carbocycles. The lowest BCUT2D eigenvalue weighted by atomic mass is 9.85. The first-order chi connectivity index (χ1) is 6.54. The fourth-order valence-corrected chi connectivity index (χ4v) is 1.68. The number of nitrogens with zero attached hydrogens (tertiary/aromatic N) is 1. The second-order valence-corrected chi connectivity index (χ2v) is 4.78. The van der Waals surface area contributed by atoms with E-state index in [4.69, 9.17) is 0 Å². The van der Waals surface area contributed by atoms with Gasteiger partial charge in [0.2, 0.25) is 0 Å². The monoisotopic (exact) mass is 231 g/mol. The molecule has 0 radical (unpaired) electrons. The minimum absolute atomic E-state index is 0. The van der Waals surface area contributed by atoms with Crippen molar-refractivity contribution in [3.05, 3.63) is 18.2 Å². The first-order valence-electron chi connectivity index (χ1n) is 5.24. The van der Waals surface area contributed by atoms with Crippen LogP contribution in [-0.4, -0.2) is 16.0 Å². The second kappa shape index (κ2) is 6.13. The number of halogens is 1. The second-order valence-electron chi connectivity index (χ2n) is 4.78. The zero-order chi connectivity index (χ0) is 10.6. The van der Waals surface area contributed by atoms with Crippen molar-refractivity contribution in [1.82, 2.24) is 15.3 Å². The molecular formula is C11H22ClN3. The van der Waals surface area contributed by atoms with Gasteiger partial charge in [0, 0.05) is 24.5 Å². The standard InChI is InChI=1S/C11H21N3.ClH/c1-5-10(11(2,3)4)13-7-9-6-12-8-14-9;/h6,8,10,13H,5,7H2,1-4H3,(H,12,14);1H. The SMILES string of the molecule is CCC(NCc1cnc[nH]1)C(C)(C)C.Cl. The molecule has 1 atom stereocenters. The van der Waals surface area contributed by atoms with E-state index in [9.17, 15) is 0 Å². The molecular weight excluding hydrogens is 210 g/mol. The molecule has 1 unspecified atom stereocenters. The minimum atomic E-state index is 0. The van der Waals surface area contributed by atoms with Crippen molar-refractivity contribution in [3.63, 3.8) is 0 Å². The number of imidazole rings is 1. The maximum Gasteiger partial charge on any atom is 0.0922 e. The van der Waals surface area contributed by atoms with Crippen LogP contribution in [0.4, 0.5) is 0 Å². The Morgan fingerprint density at radius 1 is 1.47 bits per heavy atom. The van der Waals surface area contributed by atoms with Crippen LogP contribution in [0.5, 0.6) is 0 Å². The average Bonchev–Trinajstić information content (AvgIpc) is 2.55. The topological polar surface area (TPSA) is 40.7 Å². The summed E-state index contributed by atoms with van der Waals surface area (Å²) < 4.78 is 0. The van der Waals surface area contributed by atoms with E-state index in [-0.39, 0.29) is 12.4 Å². The molecule has 0 saturated carbocycles. The smallest absolute Gasteiger partial charge is 0.0922 e. The van der Waals surface area contributed by atoms with Crippen LogP contribution >= 0.6 is 12.4 Å². The Bertz CT molecular complexity index is 251. The normalized spacial score (nSPS) is 13.3. The van der Waals surface area contributed by atoms with Gasteiger partial charge in [0.25, 0.3) is 0 Å². The number of nitrogens with one attached hydrogen (secondary N) is 2. The summed E-state index contributed by atoms with van der Waals surface area (Å²) in [6.07, 6.45) is 4.73. The van der Waals surface area contributed by atoms with Crippen molar-refractivity contribution < 1.29 is 0 Å². The minimum Gasteiger partial charge on any atom is -0.347 e. The van der Waals surface area contributed by atoms with Gasteiger partial charge in [-0.25, -0.2) is 4.98 Å². The fraction of sp³-hybridized carbons (Fsp3) is 0.727. The van der Waals surface area contributed by atoms with Crippen molar-refractivity contribution in [2.45, 2.75) is 46.7 Å². The van der Waals surface area contributed by atoms with Gasteiger partial charge >= 0.3 is 0 Å². The number of rotatable bonds is 4. The molecule has 2 N–H and O–H groups in total. The highest BCUT2D eigenvalue weighted by Gasteiger charge is 2.21. The number of aromatic nitrogens is 2. The average molecular weight is 232 g/mol. The number of H-pyrrole nitrogens is 1. The molecule has 0 saturated heterocycles. The molecule has 1 heterocycles. The van der Waals surface area contributed by atoms with Crippen LogP contribution in [0.1, 0.15) is 39.8 Å². The molecule has 1 aromatic rings. The molecule has 0 aliphatic rings. The van der Waals surface area contributed by atoms with Crippen molar-refractivity contribution in [1.29, 1.82) is 0 Å². The van der Waals surface area contributed by atoms with Gasteiger partial charge in [-0.1, -0.05) is 27.7 Å². The van der Waals surface area contributed by atoms with Crippen LogP contribution < -0.4 is 5.32 Å². The van der Waals surface area contributed by atoms with Gasteiger partial charge in [-0.15, -0.1) is 12.4 Å². The highest BCUT2D eigenvalue weighted by atomic mass is 35.5. The third-order valence-corrected chi connectivity index (χ3v) is 2.55. The lowest BCUT2D eigenvalue weighted by Crippen LogP contribution is -2.39. The van der Waals surface area contributed by atoms with E-state index >= 15 is 0 Å². The summed E-state index contributed by atoms with van der Waals surface area (Å²) in [7, 11) is 0. The van der Waals surface area contributed by atoms with Gasteiger partial charge in [-0.2, -0.15) is 0 Å². The van der Waals surface area contributed by atoms with Crippen LogP contribution in [0.25, 0.3) is 0 Å². The molecule has 88 valence electrons. The molecule has 0 aliphatic heterocycles. The summed E-state index contributed by atoms with van der Waals surface area (Å²) in [6, 6.07) is 0.547. The fourth-order valence-electron chi connectivity index (χ4n) is 1.68. The Kier molecular flexibility index (Phi) is 5.91. The molecule has 1 aromatic heterocycles. The maximum absolute atomic E-state index is 3.99. The van der Waals surface area contributed by atoms with Crippen molar-refractivity contribution in [2.24, 2.45) is 5.41 Å². The summed E-state index contributed by atoms with van der Waals surface area (Å²) >= 11 is 0. The highest BCUT2D eigenvalue weighted by Crippen LogP contribution is 2.21. The summed E-state index contributed by atoms with van der Waals surface area (Å²) in [4.78, 5) is 7.09. The van der Waals surface area contributed by atoms with E-state index in [2.05, 4.69) is 43.0 Å². The predicted molar refractivity (Wildman–Crippen MR) is 66.2 cm³/mol. The Morgan fingerprint density at radius 2 is 2.13 bits per heavy atom. The summed E-state index contributed by atoms with van der Waals surface area (Å²) in [5.74, 6) is 0. The molecule has 0 fully saturated rings. The van der Waals surface area contributed by atoms with Gasteiger partial charge in [-0.3, -0.25) is 0 Å². The predicted octanol–water partition coefficient (Wildman–Crippen LogP) is 2.75. The lowest BCUT2D eigenvalue weighted by molar-refractivity contribution is 0.259. The van der Waals surface area contributed by atoms with Crippen LogP contribution in [0.2, 0.25) is 0 Å². The molecule has 4 heteroatoms. The molecule has 3 nitrogen and oxygen atoms in total. The molecule has 0 aromatic carbocycles. The third kappa shape index (κ3) is 4.67. The summed E-state index contributed by atoms with van der Waals surface area (Å²) in [5, 5.41) is 3.54. The van der Waals surface area contributed by atoms with Gasteiger partial charge in [-0.05, 0) is 11.8 Å². The lowest BCUT2D eigenvalue weighted by Gasteiger charge is -2.30. The summed E-state index contributed by atoms with van der Waals surface area (Å²) in [6.45, 7) is 9.88. The van der Waals surface area contributed by atoms with Crippen molar-refractivity contribution >= 4 is 12.4 Å². The molecule has 0 amide bonds. The highest BCUT2D eigenvalue weighted by molar-refractivity contribution is 5.85. The Labute approximate surface area is 98.5 Å². The van der Waals surface area contributed by atoms with Gasteiger partial charge < -0.3 is 10.3 Å². The Morgan fingerprint density at radius 3 is 2.53 bits per heavy atom. The zero-order valence-electron chi connectivity index (χ0n) is 10.0. The van der Waals surface area contributed by atoms with Crippen molar-refractivity contribution in [2.75, 3.05) is 0 Å². The van der Waals surface area contributed by atoms with E-state index in [1.807, 2.05) is 6.20 Å². The number of hydrogen-bond donors (Lipinski definition) is 2. The van der Waals surface area contributed by atoms with E-state index in [1.54, 1.807) is 6.33 Å².